The Bertz CT molecular complexity index is 160. The van der Waals surface area contributed by atoms with Crippen LogP contribution in [0.3, 0.4) is 0 Å². The second kappa shape index (κ2) is 3.25. The molecule has 0 bridgehead atoms. The number of hydrogen-bond donors (Lipinski definition) is 2. The zero-order chi connectivity index (χ0) is 6.69. The maximum Gasteiger partial charge on any atom is 0.0885 e. The molecular formula is C6H8OS2. The van der Waals surface area contributed by atoms with Gasteiger partial charge in [-0.3, -0.25) is 0 Å². The summed E-state index contributed by atoms with van der Waals surface area (Å²) in [5, 5.41) is 13.0. The van der Waals surface area contributed by atoms with Crippen molar-refractivity contribution < 1.29 is 5.11 Å². The summed E-state index contributed by atoms with van der Waals surface area (Å²) in [4.78, 5) is 0. The van der Waals surface area contributed by atoms with Crippen LogP contribution in [0.25, 0.3) is 0 Å². The first-order valence-electron chi connectivity index (χ1n) is 2.65. The minimum Gasteiger partial charge on any atom is -0.388 e. The lowest BCUT2D eigenvalue weighted by molar-refractivity contribution is 0.205. The highest BCUT2D eigenvalue weighted by molar-refractivity contribution is 7.80. The van der Waals surface area contributed by atoms with Gasteiger partial charge in [-0.05, 0) is 22.4 Å². The van der Waals surface area contributed by atoms with Crippen molar-refractivity contribution >= 4 is 24.0 Å². The Labute approximate surface area is 63.8 Å². The minimum atomic E-state index is -0.389. The summed E-state index contributed by atoms with van der Waals surface area (Å²) in [6, 6.07) is 1.91. The first kappa shape index (κ1) is 7.12. The fourth-order valence-corrected chi connectivity index (χ4v) is 1.49. The van der Waals surface area contributed by atoms with Crippen molar-refractivity contribution in [2.75, 3.05) is 5.75 Å². The predicted molar refractivity (Wildman–Crippen MR) is 43.1 cm³/mol. The normalized spacial score (nSPS) is 13.6. The van der Waals surface area contributed by atoms with Gasteiger partial charge in [0.25, 0.3) is 0 Å². The fourth-order valence-electron chi connectivity index (χ4n) is 0.570. The van der Waals surface area contributed by atoms with E-state index >= 15 is 0 Å². The summed E-state index contributed by atoms with van der Waals surface area (Å²) in [5.41, 5.74) is 0.968. The van der Waals surface area contributed by atoms with Gasteiger partial charge >= 0.3 is 0 Å². The van der Waals surface area contributed by atoms with Crippen LogP contribution in [0.1, 0.15) is 11.7 Å². The molecule has 50 valence electrons. The Kier molecular flexibility index (Phi) is 2.57. The van der Waals surface area contributed by atoms with Crippen LogP contribution in [0.5, 0.6) is 0 Å². The van der Waals surface area contributed by atoms with Crippen LogP contribution in [-0.2, 0) is 0 Å². The van der Waals surface area contributed by atoms with E-state index in [-0.39, 0.29) is 6.10 Å². The monoisotopic (exact) mass is 160 g/mol. The zero-order valence-corrected chi connectivity index (χ0v) is 6.53. The largest absolute Gasteiger partial charge is 0.388 e. The Morgan fingerprint density at radius 2 is 2.56 bits per heavy atom. The van der Waals surface area contributed by atoms with Crippen LogP contribution in [0, 0.1) is 0 Å². The third-order valence-corrected chi connectivity index (χ3v) is 2.15. The predicted octanol–water partition coefficient (Wildman–Crippen LogP) is 1.71. The number of aliphatic hydroxyl groups excluding tert-OH is 1. The second-order valence-corrected chi connectivity index (χ2v) is 2.90. The summed E-state index contributed by atoms with van der Waals surface area (Å²) < 4.78 is 0. The molecule has 1 heterocycles. The molecule has 0 spiro atoms. The molecule has 0 saturated carbocycles. The topological polar surface area (TPSA) is 20.2 Å². The average Bonchev–Trinajstić information content (AvgIpc) is 2.37. The highest BCUT2D eigenvalue weighted by atomic mass is 32.1. The van der Waals surface area contributed by atoms with Gasteiger partial charge in [0, 0.05) is 5.75 Å². The number of hydrogen-bond acceptors (Lipinski definition) is 3. The zero-order valence-electron chi connectivity index (χ0n) is 4.82. The van der Waals surface area contributed by atoms with Crippen LogP contribution in [0.4, 0.5) is 0 Å². The van der Waals surface area contributed by atoms with Gasteiger partial charge in [0.05, 0.1) is 6.10 Å². The molecule has 3 heteroatoms. The molecule has 0 aliphatic rings. The van der Waals surface area contributed by atoms with Gasteiger partial charge in [-0.1, -0.05) is 0 Å². The van der Waals surface area contributed by atoms with Crippen molar-refractivity contribution in [3.05, 3.63) is 22.4 Å². The van der Waals surface area contributed by atoms with Crippen molar-refractivity contribution in [1.29, 1.82) is 0 Å². The van der Waals surface area contributed by atoms with Crippen LogP contribution >= 0.6 is 24.0 Å². The quantitative estimate of drug-likeness (QED) is 0.631. The summed E-state index contributed by atoms with van der Waals surface area (Å²) in [7, 11) is 0. The molecule has 0 amide bonds. The summed E-state index contributed by atoms with van der Waals surface area (Å²) >= 11 is 5.55. The van der Waals surface area contributed by atoms with E-state index in [0.29, 0.717) is 5.75 Å². The highest BCUT2D eigenvalue weighted by Gasteiger charge is 2.02. The molecule has 0 radical (unpaired) electrons. The van der Waals surface area contributed by atoms with E-state index in [1.165, 1.54) is 0 Å². The van der Waals surface area contributed by atoms with Gasteiger partial charge in [-0.2, -0.15) is 24.0 Å². The number of thiol groups is 1. The van der Waals surface area contributed by atoms with Crippen LogP contribution < -0.4 is 0 Å². The molecule has 1 atom stereocenters. The van der Waals surface area contributed by atoms with Gasteiger partial charge in [0.2, 0.25) is 0 Å². The summed E-state index contributed by atoms with van der Waals surface area (Å²) in [6.45, 7) is 0. The Morgan fingerprint density at radius 3 is 3.00 bits per heavy atom. The highest BCUT2D eigenvalue weighted by Crippen LogP contribution is 2.16. The third kappa shape index (κ3) is 1.71. The van der Waals surface area contributed by atoms with E-state index in [2.05, 4.69) is 12.6 Å². The second-order valence-electron chi connectivity index (χ2n) is 1.76. The molecule has 1 aromatic heterocycles. The van der Waals surface area contributed by atoms with Crippen molar-refractivity contribution in [2.24, 2.45) is 0 Å². The van der Waals surface area contributed by atoms with E-state index in [1.807, 2.05) is 16.8 Å². The van der Waals surface area contributed by atoms with Gasteiger partial charge in [-0.25, -0.2) is 0 Å². The lowest BCUT2D eigenvalue weighted by atomic mass is 10.2. The molecule has 9 heavy (non-hydrogen) atoms. The van der Waals surface area contributed by atoms with E-state index in [1.54, 1.807) is 11.3 Å². The molecule has 0 fully saturated rings. The molecule has 0 aliphatic heterocycles. The van der Waals surface area contributed by atoms with Crippen LogP contribution in [-0.4, -0.2) is 10.9 Å². The molecule has 1 rings (SSSR count). The van der Waals surface area contributed by atoms with Gasteiger partial charge in [0.15, 0.2) is 0 Å². The lowest BCUT2D eigenvalue weighted by Crippen LogP contribution is -1.95. The molecule has 0 unspecified atom stereocenters. The number of rotatable bonds is 2. The van der Waals surface area contributed by atoms with Gasteiger partial charge < -0.3 is 5.11 Å². The van der Waals surface area contributed by atoms with Crippen molar-refractivity contribution in [2.45, 2.75) is 6.10 Å². The lowest BCUT2D eigenvalue weighted by Gasteiger charge is -2.01. The van der Waals surface area contributed by atoms with Gasteiger partial charge in [-0.15, -0.1) is 0 Å². The van der Waals surface area contributed by atoms with Crippen LogP contribution in [0.15, 0.2) is 16.8 Å². The minimum absolute atomic E-state index is 0.389. The SMILES string of the molecule is O[C@@H](CS)c1ccsc1. The smallest absolute Gasteiger partial charge is 0.0885 e. The summed E-state index contributed by atoms with van der Waals surface area (Å²) in [6.07, 6.45) is -0.389. The Morgan fingerprint density at radius 1 is 1.78 bits per heavy atom. The van der Waals surface area contributed by atoms with E-state index < -0.39 is 0 Å². The number of aliphatic hydroxyl groups is 1. The Balaban J connectivity index is 2.65. The molecule has 1 N–H and O–H groups in total. The first-order valence-corrected chi connectivity index (χ1v) is 4.23. The molecule has 0 aromatic carbocycles. The van der Waals surface area contributed by atoms with E-state index in [9.17, 15) is 0 Å². The first-order chi connectivity index (χ1) is 4.34. The third-order valence-electron chi connectivity index (χ3n) is 1.10. The molecule has 1 aromatic rings. The molecule has 0 aliphatic carbocycles. The van der Waals surface area contributed by atoms with Crippen molar-refractivity contribution in [3.63, 3.8) is 0 Å². The Hall–Kier alpha value is 0.01000. The maximum absolute atomic E-state index is 9.15. The van der Waals surface area contributed by atoms with Crippen molar-refractivity contribution in [3.8, 4) is 0 Å². The van der Waals surface area contributed by atoms with E-state index in [0.717, 1.165) is 5.56 Å². The molecular weight excluding hydrogens is 152 g/mol. The molecule has 0 saturated heterocycles. The van der Waals surface area contributed by atoms with Crippen molar-refractivity contribution in [1.82, 2.24) is 0 Å². The number of thiophene rings is 1. The fraction of sp³-hybridized carbons (Fsp3) is 0.333. The summed E-state index contributed by atoms with van der Waals surface area (Å²) in [5.74, 6) is 0.497. The average molecular weight is 160 g/mol. The van der Waals surface area contributed by atoms with Crippen LogP contribution in [0.2, 0.25) is 0 Å². The van der Waals surface area contributed by atoms with E-state index in [4.69, 9.17) is 5.11 Å². The molecule has 1 nitrogen and oxygen atoms in total. The maximum atomic E-state index is 9.15. The van der Waals surface area contributed by atoms with Gasteiger partial charge in [0.1, 0.15) is 0 Å². The standard InChI is InChI=1S/C6H8OS2/c7-6(3-8)5-1-2-9-4-5/h1-2,4,6-8H,3H2/t6-/m0/s1.